The van der Waals surface area contributed by atoms with Gasteiger partial charge in [0.1, 0.15) is 5.82 Å². The molecule has 0 bridgehead atoms. The first-order valence-corrected chi connectivity index (χ1v) is 9.80. The number of fused-ring (bicyclic) bond motifs is 1. The van der Waals surface area contributed by atoms with E-state index in [-0.39, 0.29) is 11.9 Å². The van der Waals surface area contributed by atoms with Gasteiger partial charge in [0.05, 0.1) is 23.6 Å². The monoisotopic (exact) mass is 355 g/mol. The molecule has 2 aromatic rings. The number of aromatic nitrogens is 2. The number of benzene rings is 1. The smallest absolute Gasteiger partial charge is 0.238 e. The highest BCUT2D eigenvalue weighted by atomic mass is 16.2. The van der Waals surface area contributed by atoms with E-state index in [1.54, 1.807) is 0 Å². The van der Waals surface area contributed by atoms with E-state index in [1.165, 1.54) is 5.52 Å². The number of piperazine rings is 1. The Morgan fingerprint density at radius 2 is 2.15 bits per heavy atom. The van der Waals surface area contributed by atoms with Crippen LogP contribution in [0.4, 0.5) is 0 Å². The van der Waals surface area contributed by atoms with E-state index in [2.05, 4.69) is 52.1 Å². The molecule has 1 saturated heterocycles. The summed E-state index contributed by atoms with van der Waals surface area (Å²) >= 11 is 0. The molecule has 26 heavy (non-hydrogen) atoms. The third kappa shape index (κ3) is 3.91. The van der Waals surface area contributed by atoms with Crippen molar-refractivity contribution in [3.8, 4) is 0 Å². The molecule has 0 radical (unpaired) electrons. The summed E-state index contributed by atoms with van der Waals surface area (Å²) in [6.45, 7) is 8.75. The predicted molar refractivity (Wildman–Crippen MR) is 103 cm³/mol. The van der Waals surface area contributed by atoms with Crippen molar-refractivity contribution in [1.29, 1.82) is 0 Å². The van der Waals surface area contributed by atoms with E-state index in [1.807, 2.05) is 6.07 Å². The summed E-state index contributed by atoms with van der Waals surface area (Å²) < 4.78 is 2.35. The number of hydrogen-bond donors (Lipinski definition) is 2. The maximum Gasteiger partial charge on any atom is 0.238 e. The van der Waals surface area contributed by atoms with Crippen LogP contribution in [0, 0.1) is 5.92 Å². The van der Waals surface area contributed by atoms with Gasteiger partial charge < -0.3 is 15.2 Å². The number of carbonyl (C=O) groups is 1. The predicted octanol–water partition coefficient (Wildman–Crippen LogP) is 1.74. The standard InChI is InChI=1S/C20H29N5O/c1-14(2)11-25-18-6-4-3-5-16(18)23-19(25)13-24-10-9-21-17(12-24)20(26)22-15-7-8-15/h3-6,14-15,17,21H,7-13H2,1-2H3,(H,22,26)/t17-/m1/s1. The Kier molecular flexibility index (Phi) is 4.96. The van der Waals surface area contributed by atoms with E-state index in [9.17, 15) is 4.79 Å². The van der Waals surface area contributed by atoms with Crippen molar-refractivity contribution in [2.24, 2.45) is 5.92 Å². The van der Waals surface area contributed by atoms with E-state index in [0.29, 0.717) is 12.0 Å². The summed E-state index contributed by atoms with van der Waals surface area (Å²) in [5.41, 5.74) is 2.26. The molecular formula is C20H29N5O. The van der Waals surface area contributed by atoms with Gasteiger partial charge in [-0.2, -0.15) is 0 Å². The molecule has 6 nitrogen and oxygen atoms in total. The third-order valence-corrected chi connectivity index (χ3v) is 5.15. The minimum absolute atomic E-state index is 0.118. The Bertz CT molecular complexity index is 780. The Balaban J connectivity index is 1.49. The second kappa shape index (κ2) is 7.37. The zero-order chi connectivity index (χ0) is 18.1. The van der Waals surface area contributed by atoms with E-state index < -0.39 is 0 Å². The molecule has 1 amide bonds. The van der Waals surface area contributed by atoms with Crippen molar-refractivity contribution >= 4 is 16.9 Å². The Morgan fingerprint density at radius 3 is 2.92 bits per heavy atom. The van der Waals surface area contributed by atoms with Crippen LogP contribution in [0.5, 0.6) is 0 Å². The van der Waals surface area contributed by atoms with Crippen molar-refractivity contribution in [3.63, 3.8) is 0 Å². The van der Waals surface area contributed by atoms with Gasteiger partial charge in [-0.1, -0.05) is 26.0 Å². The summed E-state index contributed by atoms with van der Waals surface area (Å²) in [7, 11) is 0. The lowest BCUT2D eigenvalue weighted by atomic mass is 10.2. The zero-order valence-corrected chi connectivity index (χ0v) is 15.7. The molecule has 1 saturated carbocycles. The summed E-state index contributed by atoms with van der Waals surface area (Å²) in [5.74, 6) is 1.81. The highest BCUT2D eigenvalue weighted by Gasteiger charge is 2.30. The van der Waals surface area contributed by atoms with Gasteiger partial charge in [-0.05, 0) is 30.9 Å². The molecular weight excluding hydrogens is 326 g/mol. The molecule has 1 aromatic carbocycles. The zero-order valence-electron chi connectivity index (χ0n) is 15.7. The average Bonchev–Trinajstić information content (AvgIpc) is 3.38. The van der Waals surface area contributed by atoms with Crippen molar-refractivity contribution in [2.75, 3.05) is 19.6 Å². The number of hydrogen-bond acceptors (Lipinski definition) is 4. The number of imidazole rings is 1. The first kappa shape index (κ1) is 17.5. The Hall–Kier alpha value is -1.92. The molecule has 2 fully saturated rings. The number of para-hydroxylation sites is 2. The highest BCUT2D eigenvalue weighted by Crippen LogP contribution is 2.21. The Morgan fingerprint density at radius 1 is 1.35 bits per heavy atom. The van der Waals surface area contributed by atoms with Crippen LogP contribution in [0.3, 0.4) is 0 Å². The molecule has 2 N–H and O–H groups in total. The first-order chi connectivity index (χ1) is 12.6. The molecule has 1 atom stereocenters. The molecule has 6 heteroatoms. The van der Waals surface area contributed by atoms with Crippen LogP contribution >= 0.6 is 0 Å². The van der Waals surface area contributed by atoms with E-state index >= 15 is 0 Å². The fourth-order valence-corrected chi connectivity index (χ4v) is 3.67. The van der Waals surface area contributed by atoms with E-state index in [0.717, 1.165) is 56.9 Å². The lowest BCUT2D eigenvalue weighted by Gasteiger charge is -2.32. The molecule has 0 spiro atoms. The molecule has 140 valence electrons. The van der Waals surface area contributed by atoms with Gasteiger partial charge in [-0.15, -0.1) is 0 Å². The van der Waals surface area contributed by atoms with Crippen LogP contribution in [0.15, 0.2) is 24.3 Å². The van der Waals surface area contributed by atoms with Gasteiger partial charge in [-0.25, -0.2) is 4.98 Å². The molecule has 1 aliphatic heterocycles. The molecule has 4 rings (SSSR count). The summed E-state index contributed by atoms with van der Waals surface area (Å²) in [5, 5.41) is 6.48. The topological polar surface area (TPSA) is 62.2 Å². The second-order valence-electron chi connectivity index (χ2n) is 8.05. The van der Waals surface area contributed by atoms with Crippen molar-refractivity contribution in [1.82, 2.24) is 25.1 Å². The second-order valence-corrected chi connectivity index (χ2v) is 8.05. The minimum Gasteiger partial charge on any atom is -0.352 e. The van der Waals surface area contributed by atoms with Gasteiger partial charge in [0, 0.05) is 32.2 Å². The lowest BCUT2D eigenvalue weighted by molar-refractivity contribution is -0.124. The number of amides is 1. The fraction of sp³-hybridized carbons (Fsp3) is 0.600. The molecule has 0 unspecified atom stereocenters. The minimum atomic E-state index is -0.118. The van der Waals surface area contributed by atoms with Gasteiger partial charge >= 0.3 is 0 Å². The number of nitrogens with one attached hydrogen (secondary N) is 2. The molecule has 1 aliphatic carbocycles. The van der Waals surface area contributed by atoms with Crippen molar-refractivity contribution in [3.05, 3.63) is 30.1 Å². The first-order valence-electron chi connectivity index (χ1n) is 9.80. The molecule has 2 aliphatic rings. The maximum absolute atomic E-state index is 12.4. The highest BCUT2D eigenvalue weighted by molar-refractivity contribution is 5.82. The third-order valence-electron chi connectivity index (χ3n) is 5.15. The Labute approximate surface area is 155 Å². The van der Waals surface area contributed by atoms with Crippen LogP contribution in [0.1, 0.15) is 32.5 Å². The molecule has 2 heterocycles. The summed E-state index contributed by atoms with van der Waals surface area (Å²) in [4.78, 5) is 19.6. The van der Waals surface area contributed by atoms with Crippen LogP contribution in [0.2, 0.25) is 0 Å². The largest absolute Gasteiger partial charge is 0.352 e. The van der Waals surface area contributed by atoms with Crippen LogP contribution < -0.4 is 10.6 Å². The lowest BCUT2D eigenvalue weighted by Crippen LogP contribution is -2.57. The number of nitrogens with zero attached hydrogens (tertiary/aromatic N) is 3. The quantitative estimate of drug-likeness (QED) is 0.829. The van der Waals surface area contributed by atoms with Gasteiger partial charge in [-0.3, -0.25) is 9.69 Å². The molecule has 1 aromatic heterocycles. The normalized spacial score (nSPS) is 21.4. The number of carbonyl (C=O) groups excluding carboxylic acids is 1. The van der Waals surface area contributed by atoms with Gasteiger partial charge in [0.15, 0.2) is 0 Å². The van der Waals surface area contributed by atoms with Crippen LogP contribution in [-0.4, -0.2) is 52.1 Å². The number of rotatable bonds is 6. The van der Waals surface area contributed by atoms with E-state index in [4.69, 9.17) is 4.98 Å². The van der Waals surface area contributed by atoms with Gasteiger partial charge in [0.25, 0.3) is 0 Å². The van der Waals surface area contributed by atoms with Gasteiger partial charge in [0.2, 0.25) is 5.91 Å². The summed E-state index contributed by atoms with van der Waals surface area (Å²) in [6, 6.07) is 8.65. The van der Waals surface area contributed by atoms with Crippen LogP contribution in [-0.2, 0) is 17.9 Å². The maximum atomic E-state index is 12.4. The average molecular weight is 355 g/mol. The van der Waals surface area contributed by atoms with Crippen molar-refractivity contribution in [2.45, 2.75) is 51.9 Å². The van der Waals surface area contributed by atoms with Crippen LogP contribution in [0.25, 0.3) is 11.0 Å². The van der Waals surface area contributed by atoms with Crippen molar-refractivity contribution < 1.29 is 4.79 Å². The summed E-state index contributed by atoms with van der Waals surface area (Å²) in [6.07, 6.45) is 2.25. The fourth-order valence-electron chi connectivity index (χ4n) is 3.67. The SMILES string of the molecule is CC(C)Cn1c(CN2CCN[C@@H](C(=O)NC3CC3)C2)nc2ccccc21.